The highest BCUT2D eigenvalue weighted by Crippen LogP contribution is 2.31. The summed E-state index contributed by atoms with van der Waals surface area (Å²) < 4.78 is 49.2. The molecule has 9 heteroatoms. The number of amides is 1. The average molecular weight is 505 g/mol. The summed E-state index contributed by atoms with van der Waals surface area (Å²) in [5.41, 5.74) is 0.449. The Morgan fingerprint density at radius 1 is 0.800 bits per heavy atom. The molecule has 184 valence electrons. The molecule has 1 aliphatic rings. The molecule has 1 heterocycles. The molecule has 0 bridgehead atoms. The van der Waals surface area contributed by atoms with E-state index in [0.717, 1.165) is 31.8 Å². The molecule has 0 aromatic heterocycles. The summed E-state index contributed by atoms with van der Waals surface area (Å²) in [6.07, 6.45) is -4.39. The Balaban J connectivity index is 1.20. The second-order valence-corrected chi connectivity index (χ2v) is 8.60. The zero-order valence-corrected chi connectivity index (χ0v) is 19.6. The van der Waals surface area contributed by atoms with Crippen molar-refractivity contribution < 1.29 is 27.4 Å². The molecule has 0 unspecified atom stereocenters. The van der Waals surface area contributed by atoms with Crippen molar-refractivity contribution in [3.8, 4) is 17.2 Å². The van der Waals surface area contributed by atoms with Crippen LogP contribution in [0.1, 0.15) is 11.1 Å². The highest BCUT2D eigenvalue weighted by Gasteiger charge is 2.30. The smallest absolute Gasteiger partial charge is 0.416 e. The number of carbonyl (C=O) groups is 1. The van der Waals surface area contributed by atoms with E-state index in [1.165, 1.54) is 17.7 Å². The first-order valence-electron chi connectivity index (χ1n) is 11.1. The van der Waals surface area contributed by atoms with Crippen molar-refractivity contribution in [3.63, 3.8) is 0 Å². The molecule has 1 saturated heterocycles. The number of nitrogens with zero attached hydrogens (tertiary/aromatic N) is 2. The van der Waals surface area contributed by atoms with Gasteiger partial charge in [0.05, 0.1) is 5.56 Å². The van der Waals surface area contributed by atoms with Crippen LogP contribution in [0.3, 0.4) is 0 Å². The summed E-state index contributed by atoms with van der Waals surface area (Å²) in [5.74, 6) is 1.15. The lowest BCUT2D eigenvalue weighted by Gasteiger charge is -2.34. The van der Waals surface area contributed by atoms with Gasteiger partial charge < -0.3 is 14.4 Å². The molecule has 0 radical (unpaired) electrons. The maximum absolute atomic E-state index is 12.7. The molecule has 0 atom stereocenters. The number of hydrogen-bond donors (Lipinski definition) is 0. The van der Waals surface area contributed by atoms with Crippen LogP contribution in [0.2, 0.25) is 5.02 Å². The zero-order chi connectivity index (χ0) is 24.8. The van der Waals surface area contributed by atoms with Gasteiger partial charge in [0.15, 0.2) is 6.61 Å². The van der Waals surface area contributed by atoms with Gasteiger partial charge in [0.2, 0.25) is 0 Å². The van der Waals surface area contributed by atoms with E-state index >= 15 is 0 Å². The van der Waals surface area contributed by atoms with Crippen LogP contribution >= 0.6 is 11.6 Å². The maximum atomic E-state index is 12.7. The van der Waals surface area contributed by atoms with Crippen molar-refractivity contribution in [2.75, 3.05) is 32.8 Å². The number of ether oxygens (including phenoxy) is 2. The fourth-order valence-corrected chi connectivity index (χ4v) is 3.82. The Bertz CT molecular complexity index is 1110. The van der Waals surface area contributed by atoms with E-state index in [2.05, 4.69) is 4.90 Å². The van der Waals surface area contributed by atoms with Crippen LogP contribution in [0, 0.1) is 0 Å². The molecule has 4 rings (SSSR count). The zero-order valence-electron chi connectivity index (χ0n) is 18.8. The Labute approximate surface area is 206 Å². The Hall–Kier alpha value is -3.23. The molecular weight excluding hydrogens is 481 g/mol. The number of alkyl halides is 3. The summed E-state index contributed by atoms with van der Waals surface area (Å²) in [7, 11) is 0. The largest absolute Gasteiger partial charge is 0.484 e. The third kappa shape index (κ3) is 7.13. The lowest BCUT2D eigenvalue weighted by atomic mass is 10.2. The predicted molar refractivity (Wildman–Crippen MR) is 127 cm³/mol. The molecule has 5 nitrogen and oxygen atoms in total. The van der Waals surface area contributed by atoms with Crippen molar-refractivity contribution in [3.05, 3.63) is 88.9 Å². The summed E-state index contributed by atoms with van der Waals surface area (Å²) >= 11 is 5.93. The molecule has 0 saturated carbocycles. The number of carbonyl (C=O) groups excluding carboxylic acids is 1. The van der Waals surface area contributed by atoms with Gasteiger partial charge in [0.1, 0.15) is 17.2 Å². The Morgan fingerprint density at radius 2 is 1.34 bits per heavy atom. The van der Waals surface area contributed by atoms with Crippen LogP contribution < -0.4 is 9.47 Å². The van der Waals surface area contributed by atoms with Gasteiger partial charge in [-0.15, -0.1) is 0 Å². The van der Waals surface area contributed by atoms with E-state index < -0.39 is 11.7 Å². The number of rotatable bonds is 7. The summed E-state index contributed by atoms with van der Waals surface area (Å²) in [4.78, 5) is 16.6. The van der Waals surface area contributed by atoms with Crippen LogP contribution in [0.25, 0.3) is 0 Å². The second kappa shape index (κ2) is 11.0. The molecule has 1 aliphatic heterocycles. The van der Waals surface area contributed by atoms with Crippen molar-refractivity contribution in [2.24, 2.45) is 0 Å². The first kappa shape index (κ1) is 24.9. The van der Waals surface area contributed by atoms with Crippen LogP contribution in [0.4, 0.5) is 13.2 Å². The van der Waals surface area contributed by atoms with Gasteiger partial charge >= 0.3 is 6.18 Å². The normalized spacial score (nSPS) is 14.6. The minimum atomic E-state index is -4.39. The fraction of sp³-hybridized carbons (Fsp3) is 0.269. The van der Waals surface area contributed by atoms with Crippen molar-refractivity contribution >= 4 is 17.5 Å². The van der Waals surface area contributed by atoms with Gasteiger partial charge in [0, 0.05) is 37.7 Å². The van der Waals surface area contributed by atoms with E-state index in [-0.39, 0.29) is 18.3 Å². The van der Waals surface area contributed by atoms with Crippen LogP contribution in [-0.2, 0) is 17.5 Å². The number of benzene rings is 3. The molecule has 1 amide bonds. The Morgan fingerprint density at radius 3 is 1.91 bits per heavy atom. The minimum absolute atomic E-state index is 0.0731. The predicted octanol–water partition coefficient (Wildman–Crippen LogP) is 5.87. The van der Waals surface area contributed by atoms with Crippen molar-refractivity contribution in [1.82, 2.24) is 9.80 Å². The van der Waals surface area contributed by atoms with Gasteiger partial charge in [-0.3, -0.25) is 9.69 Å². The molecule has 35 heavy (non-hydrogen) atoms. The molecule has 0 aliphatic carbocycles. The van der Waals surface area contributed by atoms with Gasteiger partial charge in [-0.1, -0.05) is 23.7 Å². The maximum Gasteiger partial charge on any atom is 0.416 e. The van der Waals surface area contributed by atoms with Crippen LogP contribution in [-0.4, -0.2) is 48.5 Å². The molecule has 3 aromatic carbocycles. The number of hydrogen-bond acceptors (Lipinski definition) is 4. The third-order valence-corrected chi connectivity index (χ3v) is 5.90. The van der Waals surface area contributed by atoms with E-state index in [0.29, 0.717) is 29.6 Å². The van der Waals surface area contributed by atoms with Gasteiger partial charge in [-0.25, -0.2) is 0 Å². The molecule has 1 fully saturated rings. The van der Waals surface area contributed by atoms with Gasteiger partial charge in [-0.05, 0) is 66.2 Å². The van der Waals surface area contributed by atoms with Gasteiger partial charge in [-0.2, -0.15) is 13.2 Å². The topological polar surface area (TPSA) is 42.0 Å². The highest BCUT2D eigenvalue weighted by atomic mass is 35.5. The summed E-state index contributed by atoms with van der Waals surface area (Å²) in [6, 6.07) is 18.8. The average Bonchev–Trinajstić information content (AvgIpc) is 2.85. The molecular formula is C26H24ClF3N2O3. The monoisotopic (exact) mass is 504 g/mol. The molecule has 0 spiro atoms. The summed E-state index contributed by atoms with van der Waals surface area (Å²) in [6.45, 7) is 3.58. The number of halogens is 4. The van der Waals surface area contributed by atoms with Crippen molar-refractivity contribution in [2.45, 2.75) is 12.7 Å². The highest BCUT2D eigenvalue weighted by molar-refractivity contribution is 6.30. The first-order valence-corrected chi connectivity index (χ1v) is 11.5. The van der Waals surface area contributed by atoms with Gasteiger partial charge in [0.25, 0.3) is 5.91 Å². The van der Waals surface area contributed by atoms with E-state index in [4.69, 9.17) is 21.1 Å². The van der Waals surface area contributed by atoms with E-state index in [9.17, 15) is 18.0 Å². The fourth-order valence-electron chi connectivity index (χ4n) is 3.69. The second-order valence-electron chi connectivity index (χ2n) is 8.17. The van der Waals surface area contributed by atoms with Crippen molar-refractivity contribution in [1.29, 1.82) is 0 Å². The lowest BCUT2D eigenvalue weighted by Crippen LogP contribution is -2.49. The minimum Gasteiger partial charge on any atom is -0.484 e. The molecule has 0 N–H and O–H groups in total. The van der Waals surface area contributed by atoms with Crippen LogP contribution in [0.15, 0.2) is 72.8 Å². The SMILES string of the molecule is O=C(COc1ccc(Oc2ccc(C(F)(F)F)cc2)cc1)N1CCN(Cc2ccc(Cl)cc2)CC1. The molecule has 3 aromatic rings. The van der Waals surface area contributed by atoms with E-state index in [1.807, 2.05) is 24.3 Å². The number of piperazine rings is 1. The van der Waals surface area contributed by atoms with Crippen LogP contribution in [0.5, 0.6) is 17.2 Å². The quantitative estimate of drug-likeness (QED) is 0.403. The first-order chi connectivity index (χ1) is 16.8. The lowest BCUT2D eigenvalue weighted by molar-refractivity contribution is -0.137. The standard InChI is InChI=1S/C26H24ClF3N2O3/c27-21-5-1-19(2-6-21)17-31-13-15-32(16-14-31)25(33)18-34-22-9-11-24(12-10-22)35-23-7-3-20(4-8-23)26(28,29)30/h1-12H,13-18H2. The summed E-state index contributed by atoms with van der Waals surface area (Å²) in [5, 5.41) is 0.713. The van der Waals surface area contributed by atoms with E-state index in [1.54, 1.807) is 29.2 Å². The third-order valence-electron chi connectivity index (χ3n) is 5.65. The Kier molecular flexibility index (Phi) is 7.83.